The molecule has 0 saturated carbocycles. The second-order valence-corrected chi connectivity index (χ2v) is 14.0. The van der Waals surface area contributed by atoms with E-state index in [9.17, 15) is 5.26 Å². The molecule has 5 heteroatoms. The van der Waals surface area contributed by atoms with Crippen molar-refractivity contribution in [3.63, 3.8) is 0 Å². The van der Waals surface area contributed by atoms with E-state index in [-0.39, 0.29) is 0 Å². The Labute approximate surface area is 307 Å². The van der Waals surface area contributed by atoms with Crippen LogP contribution in [0.3, 0.4) is 0 Å². The second-order valence-electron chi connectivity index (χ2n) is 14.0. The topological polar surface area (TPSA) is 59.9 Å². The van der Waals surface area contributed by atoms with E-state index < -0.39 is 0 Å². The van der Waals surface area contributed by atoms with Crippen molar-refractivity contribution in [2.75, 3.05) is 0 Å². The van der Waals surface area contributed by atoms with Gasteiger partial charge in [0.05, 0.1) is 33.3 Å². The van der Waals surface area contributed by atoms with Crippen LogP contribution in [-0.2, 0) is 0 Å². The van der Waals surface area contributed by atoms with Crippen LogP contribution < -0.4 is 0 Å². The van der Waals surface area contributed by atoms with Gasteiger partial charge in [0.2, 0.25) is 0 Å². The number of furan rings is 2. The monoisotopic (exact) mass is 689 g/mol. The molecule has 0 radical (unpaired) electrons. The van der Waals surface area contributed by atoms with Gasteiger partial charge in [0.15, 0.2) is 0 Å². The molecule has 54 heavy (non-hydrogen) atoms. The quantitative estimate of drug-likeness (QED) is 0.185. The Morgan fingerprint density at radius 3 is 1.54 bits per heavy atom. The van der Waals surface area contributed by atoms with Gasteiger partial charge >= 0.3 is 0 Å². The maximum atomic E-state index is 10.5. The van der Waals surface area contributed by atoms with Gasteiger partial charge in [0, 0.05) is 48.8 Å². The molecule has 0 bridgehead atoms. The predicted octanol–water partition coefficient (Wildman–Crippen LogP) is 13.2. The first kappa shape index (κ1) is 29.1. The largest absolute Gasteiger partial charge is 0.456 e. The molecule has 4 heterocycles. The molecule has 0 aliphatic rings. The fourth-order valence-corrected chi connectivity index (χ4v) is 8.73. The van der Waals surface area contributed by atoms with E-state index in [0.717, 1.165) is 105 Å². The van der Waals surface area contributed by atoms with E-state index >= 15 is 0 Å². The van der Waals surface area contributed by atoms with Crippen molar-refractivity contribution in [2.45, 2.75) is 0 Å². The third kappa shape index (κ3) is 3.97. The molecule has 5 nitrogen and oxygen atoms in total. The van der Waals surface area contributed by atoms with Gasteiger partial charge in [-0.05, 0) is 83.9 Å². The summed E-state index contributed by atoms with van der Waals surface area (Å²) in [5.74, 6) is 0. The van der Waals surface area contributed by atoms with Gasteiger partial charge in [-0.3, -0.25) is 0 Å². The van der Waals surface area contributed by atoms with Gasteiger partial charge in [-0.25, -0.2) is 0 Å². The highest BCUT2D eigenvalue weighted by atomic mass is 16.3. The number of aromatic nitrogens is 2. The SMILES string of the molecule is N#Cc1ccc(-c2cccc(-n3c4ccccc4c4cc5oc6ccccc6c5cc43)c2)cc1-n1c2ccccc2c2cc3oc4ccccc4c3cc21. The lowest BCUT2D eigenvalue weighted by Crippen LogP contribution is -1.99. The molecule has 0 aliphatic heterocycles. The predicted molar refractivity (Wildman–Crippen MR) is 220 cm³/mol. The van der Waals surface area contributed by atoms with E-state index in [2.05, 4.69) is 143 Å². The molecule has 0 aliphatic carbocycles. The first-order chi connectivity index (χ1) is 26.7. The Hall–Kier alpha value is -7.55. The van der Waals surface area contributed by atoms with Crippen LogP contribution in [-0.4, -0.2) is 9.13 Å². The molecule has 8 aromatic carbocycles. The summed E-state index contributed by atoms with van der Waals surface area (Å²) in [4.78, 5) is 0. The van der Waals surface area contributed by atoms with E-state index in [1.165, 1.54) is 5.39 Å². The number of hydrogen-bond donors (Lipinski definition) is 0. The van der Waals surface area contributed by atoms with Crippen LogP contribution in [0.2, 0.25) is 0 Å². The minimum absolute atomic E-state index is 0.605. The Morgan fingerprint density at radius 2 is 0.907 bits per heavy atom. The normalized spacial score (nSPS) is 12.1. The van der Waals surface area contributed by atoms with Crippen molar-refractivity contribution in [3.05, 3.63) is 169 Å². The highest BCUT2D eigenvalue weighted by Crippen LogP contribution is 2.41. The van der Waals surface area contributed by atoms with Crippen molar-refractivity contribution in [1.82, 2.24) is 9.13 Å². The van der Waals surface area contributed by atoms with Gasteiger partial charge in [0.25, 0.3) is 0 Å². The summed E-state index contributed by atoms with van der Waals surface area (Å²) in [6.45, 7) is 0. The summed E-state index contributed by atoms with van der Waals surface area (Å²) in [5, 5.41) is 19.4. The minimum Gasteiger partial charge on any atom is -0.456 e. The average Bonchev–Trinajstić information content (AvgIpc) is 3.96. The number of benzene rings is 8. The highest BCUT2D eigenvalue weighted by molar-refractivity contribution is 6.18. The van der Waals surface area contributed by atoms with Crippen molar-refractivity contribution < 1.29 is 8.83 Å². The fraction of sp³-hybridized carbons (Fsp3) is 0. The highest BCUT2D eigenvalue weighted by Gasteiger charge is 2.20. The van der Waals surface area contributed by atoms with Crippen molar-refractivity contribution >= 4 is 87.5 Å². The zero-order valence-electron chi connectivity index (χ0n) is 28.7. The lowest BCUT2D eigenvalue weighted by atomic mass is 10.0. The number of rotatable bonds is 3. The van der Waals surface area contributed by atoms with Crippen LogP contribution in [0, 0.1) is 11.3 Å². The molecule has 0 unspecified atom stereocenters. The molecule has 12 rings (SSSR count). The molecule has 0 atom stereocenters. The van der Waals surface area contributed by atoms with E-state index in [1.807, 2.05) is 36.4 Å². The first-order valence-electron chi connectivity index (χ1n) is 18.1. The molecular formula is C49H27N3O2. The molecular weight excluding hydrogens is 663 g/mol. The molecule has 0 fully saturated rings. The lowest BCUT2D eigenvalue weighted by molar-refractivity contribution is 0.669. The summed E-state index contributed by atoms with van der Waals surface area (Å²) in [7, 11) is 0. The minimum atomic E-state index is 0.605. The third-order valence-corrected chi connectivity index (χ3v) is 11.1. The van der Waals surface area contributed by atoms with E-state index in [1.54, 1.807) is 0 Å². The molecule has 12 aromatic rings. The van der Waals surface area contributed by atoms with Crippen molar-refractivity contribution in [2.24, 2.45) is 0 Å². The van der Waals surface area contributed by atoms with Gasteiger partial charge < -0.3 is 18.0 Å². The summed E-state index contributed by atoms with van der Waals surface area (Å²) < 4.78 is 17.2. The number of nitriles is 1. The third-order valence-electron chi connectivity index (χ3n) is 11.1. The van der Waals surface area contributed by atoms with Gasteiger partial charge in [-0.2, -0.15) is 5.26 Å². The van der Waals surface area contributed by atoms with E-state index in [0.29, 0.717) is 5.56 Å². The molecule has 250 valence electrons. The van der Waals surface area contributed by atoms with Gasteiger partial charge in [-0.15, -0.1) is 0 Å². The summed E-state index contributed by atoms with van der Waals surface area (Å²) in [6, 6.07) is 59.5. The summed E-state index contributed by atoms with van der Waals surface area (Å²) >= 11 is 0. The molecule has 0 spiro atoms. The van der Waals surface area contributed by atoms with Crippen LogP contribution in [0.4, 0.5) is 0 Å². The first-order valence-corrected chi connectivity index (χ1v) is 18.1. The van der Waals surface area contributed by atoms with E-state index in [4.69, 9.17) is 8.83 Å². The molecule has 0 N–H and O–H groups in total. The van der Waals surface area contributed by atoms with Gasteiger partial charge in [-0.1, -0.05) is 91.0 Å². The zero-order chi connectivity index (χ0) is 35.5. The van der Waals surface area contributed by atoms with Crippen LogP contribution >= 0.6 is 0 Å². The zero-order valence-corrected chi connectivity index (χ0v) is 28.7. The number of nitrogens with zero attached hydrogens (tertiary/aromatic N) is 3. The lowest BCUT2D eigenvalue weighted by Gasteiger charge is -2.14. The van der Waals surface area contributed by atoms with Crippen molar-refractivity contribution in [1.29, 1.82) is 5.26 Å². The molecule has 0 amide bonds. The fourth-order valence-electron chi connectivity index (χ4n) is 8.73. The Morgan fingerprint density at radius 1 is 0.370 bits per heavy atom. The number of hydrogen-bond acceptors (Lipinski definition) is 3. The number of para-hydroxylation sites is 4. The average molecular weight is 690 g/mol. The molecule has 0 saturated heterocycles. The van der Waals surface area contributed by atoms with Gasteiger partial charge in [0.1, 0.15) is 28.4 Å². The smallest absolute Gasteiger partial charge is 0.136 e. The Kier molecular flexibility index (Phi) is 5.78. The maximum absolute atomic E-state index is 10.5. The van der Waals surface area contributed by atoms with Crippen LogP contribution in [0.25, 0.3) is 110 Å². The van der Waals surface area contributed by atoms with Crippen LogP contribution in [0.5, 0.6) is 0 Å². The molecule has 4 aromatic heterocycles. The van der Waals surface area contributed by atoms with Crippen LogP contribution in [0.15, 0.2) is 173 Å². The maximum Gasteiger partial charge on any atom is 0.136 e. The number of fused-ring (bicyclic) bond motifs is 12. The standard InChI is InChI=1S/C49H27N3O2/c50-28-31-21-20-30(23-43(31)52-42-17-6-2-13-34(42)38-27-49-40(25-45(38)52)36-15-4-8-19-47(36)54-49)29-10-9-11-32(22-29)51-41-16-5-1-12-33(41)37-26-48-39(24-44(37)51)35-14-3-7-18-46(35)53-48/h1-27H. The van der Waals surface area contributed by atoms with Crippen LogP contribution in [0.1, 0.15) is 5.56 Å². The Bertz CT molecular complexity index is 3590. The second kappa shape index (κ2) is 10.7. The van der Waals surface area contributed by atoms with Crippen molar-refractivity contribution in [3.8, 4) is 28.6 Å². The summed E-state index contributed by atoms with van der Waals surface area (Å²) in [5.41, 5.74) is 12.4. The summed E-state index contributed by atoms with van der Waals surface area (Å²) in [6.07, 6.45) is 0. The Balaban J connectivity index is 1.08.